The summed E-state index contributed by atoms with van der Waals surface area (Å²) in [4.78, 5) is 2.55. The van der Waals surface area contributed by atoms with Crippen LogP contribution >= 0.6 is 0 Å². The summed E-state index contributed by atoms with van der Waals surface area (Å²) in [5, 5.41) is 2.28. The smallest absolute Gasteiger partial charge is 0.136 e. The Labute approximate surface area is 293 Å². The van der Waals surface area contributed by atoms with Gasteiger partial charge in [0, 0.05) is 38.3 Å². The van der Waals surface area contributed by atoms with E-state index >= 15 is 0 Å². The number of para-hydroxylation sites is 2. The summed E-state index contributed by atoms with van der Waals surface area (Å²) in [6.07, 6.45) is 0. The van der Waals surface area contributed by atoms with Crippen molar-refractivity contribution < 1.29 is 4.42 Å². The Bertz CT molecular complexity index is 2560. The van der Waals surface area contributed by atoms with Crippen molar-refractivity contribution in [1.29, 1.82) is 0 Å². The fourth-order valence-corrected chi connectivity index (χ4v) is 9.04. The highest BCUT2D eigenvalue weighted by molar-refractivity contribution is 6.07. The number of rotatable bonds is 4. The van der Waals surface area contributed by atoms with Crippen LogP contribution in [0.4, 0.5) is 17.1 Å². The molecule has 0 N–H and O–H groups in total. The van der Waals surface area contributed by atoms with E-state index in [9.17, 15) is 0 Å². The molecule has 8 aromatic rings. The second kappa shape index (κ2) is 10.3. The molecule has 0 unspecified atom stereocenters. The predicted octanol–water partition coefficient (Wildman–Crippen LogP) is 13.3. The fourth-order valence-electron chi connectivity index (χ4n) is 9.04. The lowest BCUT2D eigenvalue weighted by atomic mass is 9.82. The van der Waals surface area contributed by atoms with Crippen molar-refractivity contribution in [3.8, 4) is 33.4 Å². The lowest BCUT2D eigenvalue weighted by molar-refractivity contribution is 0.660. The zero-order valence-electron chi connectivity index (χ0n) is 28.8. The number of benzene rings is 7. The number of nitrogens with zero attached hydrogens (tertiary/aromatic N) is 1. The Balaban J connectivity index is 1.29. The van der Waals surface area contributed by atoms with E-state index in [4.69, 9.17) is 4.42 Å². The molecule has 0 aliphatic heterocycles. The fraction of sp³-hybridized carbons (Fsp3) is 0.125. The minimum absolute atomic E-state index is 0.118. The average Bonchev–Trinajstić information content (AvgIpc) is 3.72. The standard InChI is InChI=1S/C48H37NO/c1-47(2)36-19-9-5-17-34(36)45-38(47)21-13-24-41(45)49(42-25-14-22-39-46(42)35-18-6-10-20-37(35)48(39,3)4)40-23-11-7-15-31(40)30-27-28-33-32-16-8-12-26-43(32)50-44(33)29-30/h5-29H,1-4H3. The average molecular weight is 644 g/mol. The molecule has 10 rings (SSSR count). The van der Waals surface area contributed by atoms with Crippen LogP contribution in [0.5, 0.6) is 0 Å². The van der Waals surface area contributed by atoms with Gasteiger partial charge in [-0.3, -0.25) is 0 Å². The number of anilines is 3. The molecule has 0 saturated carbocycles. The van der Waals surface area contributed by atoms with Crippen LogP contribution in [0, 0.1) is 0 Å². The highest BCUT2D eigenvalue weighted by Gasteiger charge is 2.41. The lowest BCUT2D eigenvalue weighted by Crippen LogP contribution is -2.17. The van der Waals surface area contributed by atoms with E-state index in [1.54, 1.807) is 0 Å². The summed E-state index contributed by atoms with van der Waals surface area (Å²) >= 11 is 0. The predicted molar refractivity (Wildman–Crippen MR) is 209 cm³/mol. The first-order valence-electron chi connectivity index (χ1n) is 17.6. The van der Waals surface area contributed by atoms with Gasteiger partial charge in [0.25, 0.3) is 0 Å². The van der Waals surface area contributed by atoms with Crippen molar-refractivity contribution in [2.45, 2.75) is 38.5 Å². The molecule has 0 bridgehead atoms. The molecular formula is C48H37NO. The first kappa shape index (κ1) is 29.1. The molecule has 2 nitrogen and oxygen atoms in total. The molecule has 2 aliphatic rings. The van der Waals surface area contributed by atoms with Crippen molar-refractivity contribution in [3.63, 3.8) is 0 Å². The van der Waals surface area contributed by atoms with E-state index in [0.717, 1.165) is 38.8 Å². The number of hydrogen-bond acceptors (Lipinski definition) is 2. The van der Waals surface area contributed by atoms with Gasteiger partial charge >= 0.3 is 0 Å². The molecule has 2 aliphatic carbocycles. The van der Waals surface area contributed by atoms with E-state index in [0.29, 0.717) is 0 Å². The normalized spacial score (nSPS) is 14.7. The summed E-state index contributed by atoms with van der Waals surface area (Å²) in [5.74, 6) is 0. The van der Waals surface area contributed by atoms with Crippen molar-refractivity contribution in [1.82, 2.24) is 0 Å². The molecule has 1 aromatic heterocycles. The Morgan fingerprint density at radius 2 is 0.880 bits per heavy atom. The van der Waals surface area contributed by atoms with E-state index in [-0.39, 0.29) is 10.8 Å². The van der Waals surface area contributed by atoms with Crippen molar-refractivity contribution >= 4 is 39.0 Å². The Kier molecular flexibility index (Phi) is 6.01. The highest BCUT2D eigenvalue weighted by atomic mass is 16.3. The molecule has 0 saturated heterocycles. The van der Waals surface area contributed by atoms with Crippen LogP contribution in [0.25, 0.3) is 55.3 Å². The van der Waals surface area contributed by atoms with Crippen LogP contribution < -0.4 is 4.90 Å². The molecule has 0 radical (unpaired) electrons. The van der Waals surface area contributed by atoms with E-state index in [2.05, 4.69) is 178 Å². The summed E-state index contributed by atoms with van der Waals surface area (Å²) < 4.78 is 6.42. The maximum atomic E-state index is 6.42. The maximum absolute atomic E-state index is 6.42. The molecule has 7 aromatic carbocycles. The van der Waals surface area contributed by atoms with Crippen LogP contribution in [0.1, 0.15) is 49.9 Å². The molecule has 0 fully saturated rings. The van der Waals surface area contributed by atoms with Gasteiger partial charge < -0.3 is 9.32 Å². The summed E-state index contributed by atoms with van der Waals surface area (Å²) in [7, 11) is 0. The summed E-state index contributed by atoms with van der Waals surface area (Å²) in [6, 6.07) is 55.6. The third kappa shape index (κ3) is 3.91. The monoisotopic (exact) mass is 643 g/mol. The second-order valence-corrected chi connectivity index (χ2v) is 14.9. The van der Waals surface area contributed by atoms with Crippen LogP contribution in [0.15, 0.2) is 156 Å². The van der Waals surface area contributed by atoms with Crippen LogP contribution in [-0.2, 0) is 10.8 Å². The van der Waals surface area contributed by atoms with E-state index in [1.165, 1.54) is 55.9 Å². The first-order chi connectivity index (χ1) is 24.3. The molecule has 0 amide bonds. The van der Waals surface area contributed by atoms with Gasteiger partial charge in [0.2, 0.25) is 0 Å². The molecule has 2 heteroatoms. The number of furan rings is 1. The third-order valence-electron chi connectivity index (χ3n) is 11.5. The minimum atomic E-state index is -0.118. The third-order valence-corrected chi connectivity index (χ3v) is 11.5. The molecular weight excluding hydrogens is 607 g/mol. The molecule has 0 atom stereocenters. The van der Waals surface area contributed by atoms with Gasteiger partial charge in [-0.05, 0) is 75.3 Å². The Morgan fingerprint density at radius 1 is 0.400 bits per heavy atom. The molecule has 50 heavy (non-hydrogen) atoms. The SMILES string of the molecule is CC1(C)c2ccccc2-c2c(N(c3ccccc3-c3ccc4c(c3)oc3ccccc34)c3cccc4c3-c3ccccc3C4(C)C)cccc21. The topological polar surface area (TPSA) is 16.4 Å². The largest absolute Gasteiger partial charge is 0.456 e. The highest BCUT2D eigenvalue weighted by Crippen LogP contribution is 2.58. The molecule has 0 spiro atoms. The van der Waals surface area contributed by atoms with E-state index < -0.39 is 0 Å². The zero-order valence-corrected chi connectivity index (χ0v) is 28.8. The van der Waals surface area contributed by atoms with Gasteiger partial charge in [0.15, 0.2) is 0 Å². The van der Waals surface area contributed by atoms with Crippen molar-refractivity contribution in [2.75, 3.05) is 4.90 Å². The van der Waals surface area contributed by atoms with Gasteiger partial charge in [-0.25, -0.2) is 0 Å². The van der Waals surface area contributed by atoms with Gasteiger partial charge in [-0.2, -0.15) is 0 Å². The summed E-state index contributed by atoms with van der Waals surface area (Å²) in [5.41, 5.74) is 18.0. The Morgan fingerprint density at radius 3 is 1.52 bits per heavy atom. The van der Waals surface area contributed by atoms with Gasteiger partial charge in [-0.1, -0.05) is 143 Å². The van der Waals surface area contributed by atoms with Gasteiger partial charge in [-0.15, -0.1) is 0 Å². The van der Waals surface area contributed by atoms with Crippen molar-refractivity contribution in [3.05, 3.63) is 174 Å². The minimum Gasteiger partial charge on any atom is -0.456 e. The zero-order chi connectivity index (χ0) is 33.8. The van der Waals surface area contributed by atoms with E-state index in [1.807, 2.05) is 6.07 Å². The van der Waals surface area contributed by atoms with Crippen LogP contribution in [0.3, 0.4) is 0 Å². The van der Waals surface area contributed by atoms with Crippen LogP contribution in [0.2, 0.25) is 0 Å². The van der Waals surface area contributed by atoms with Crippen molar-refractivity contribution in [2.24, 2.45) is 0 Å². The van der Waals surface area contributed by atoms with Gasteiger partial charge in [0.1, 0.15) is 11.2 Å². The molecule has 240 valence electrons. The maximum Gasteiger partial charge on any atom is 0.136 e. The summed E-state index contributed by atoms with van der Waals surface area (Å²) in [6.45, 7) is 9.45. The number of hydrogen-bond donors (Lipinski definition) is 0. The lowest BCUT2D eigenvalue weighted by Gasteiger charge is -2.32. The van der Waals surface area contributed by atoms with Crippen LogP contribution in [-0.4, -0.2) is 0 Å². The number of fused-ring (bicyclic) bond motifs is 9. The quantitative estimate of drug-likeness (QED) is 0.190. The molecule has 1 heterocycles. The first-order valence-corrected chi connectivity index (χ1v) is 17.6. The van der Waals surface area contributed by atoms with Gasteiger partial charge in [0.05, 0.1) is 17.1 Å². The Hall–Kier alpha value is -5.86. The second-order valence-electron chi connectivity index (χ2n) is 14.9.